The molecule has 0 saturated carbocycles. The van der Waals surface area contributed by atoms with Crippen molar-refractivity contribution in [1.82, 2.24) is 0 Å². The van der Waals surface area contributed by atoms with Gasteiger partial charge in [0, 0.05) is 12.7 Å². The second-order valence-corrected chi connectivity index (χ2v) is 4.76. The zero-order valence-electron chi connectivity index (χ0n) is 12.4. The van der Waals surface area contributed by atoms with Crippen LogP contribution in [0.15, 0.2) is 42.5 Å². The molecule has 0 aliphatic rings. The number of carbonyl (C=O) groups excluding carboxylic acids is 1. The quantitative estimate of drug-likeness (QED) is 0.669. The number of benzene rings is 2. The molecule has 2 aromatic rings. The van der Waals surface area contributed by atoms with Gasteiger partial charge in [0.2, 0.25) is 0 Å². The van der Waals surface area contributed by atoms with E-state index in [1.54, 1.807) is 25.1 Å². The number of amides is 1. The van der Waals surface area contributed by atoms with Crippen molar-refractivity contribution in [2.24, 2.45) is 5.84 Å². The van der Waals surface area contributed by atoms with E-state index in [4.69, 9.17) is 10.6 Å². The molecule has 0 heterocycles. The summed E-state index contributed by atoms with van der Waals surface area (Å²) in [6.07, 6.45) is 0. The lowest BCUT2D eigenvalue weighted by Crippen LogP contribution is -2.27. The summed E-state index contributed by atoms with van der Waals surface area (Å²) < 4.78 is 5.11. The predicted octanol–water partition coefficient (Wildman–Crippen LogP) is 2.57. The molecular weight excluding hydrogens is 266 g/mol. The Morgan fingerprint density at radius 3 is 2.43 bits per heavy atom. The molecular formula is C16H19N3O2. The van der Waals surface area contributed by atoms with Crippen LogP contribution in [0.25, 0.3) is 0 Å². The molecule has 0 saturated heterocycles. The van der Waals surface area contributed by atoms with E-state index in [9.17, 15) is 4.79 Å². The van der Waals surface area contributed by atoms with E-state index in [0.29, 0.717) is 11.3 Å². The molecule has 0 bridgehead atoms. The molecule has 0 aliphatic heterocycles. The summed E-state index contributed by atoms with van der Waals surface area (Å²) in [7, 11) is 3.33. The lowest BCUT2D eigenvalue weighted by atomic mass is 10.1. The Hall–Kier alpha value is -2.53. The van der Waals surface area contributed by atoms with Crippen LogP contribution < -0.4 is 20.9 Å². The summed E-state index contributed by atoms with van der Waals surface area (Å²) in [4.78, 5) is 14.2. The number of aryl methyl sites for hydroxylation is 1. The first-order chi connectivity index (χ1) is 10.1. The molecule has 0 atom stereocenters. The van der Waals surface area contributed by atoms with E-state index in [1.165, 1.54) is 0 Å². The third kappa shape index (κ3) is 3.14. The number of ether oxygens (including phenoxy) is 1. The minimum atomic E-state index is -0.131. The van der Waals surface area contributed by atoms with Gasteiger partial charge in [0.15, 0.2) is 0 Å². The van der Waals surface area contributed by atoms with Crippen molar-refractivity contribution in [1.29, 1.82) is 0 Å². The number of methoxy groups -OCH3 is 1. The number of carbonyl (C=O) groups is 1. The van der Waals surface area contributed by atoms with Gasteiger partial charge in [0.05, 0.1) is 18.4 Å². The second kappa shape index (κ2) is 6.28. The maximum Gasteiger partial charge on any atom is 0.260 e. The summed E-state index contributed by atoms with van der Waals surface area (Å²) in [6.45, 7) is 1.95. The Bertz CT molecular complexity index is 638. The standard InChI is InChI=1S/C16H19N3O2/c1-11-4-9-14(15(10-11)18-17)16(20)19(2)12-5-7-13(21-3)8-6-12/h4-10,18H,17H2,1-3H3. The molecule has 1 amide bonds. The van der Waals surface area contributed by atoms with Gasteiger partial charge in [0.1, 0.15) is 5.75 Å². The van der Waals surface area contributed by atoms with Crippen molar-refractivity contribution in [2.45, 2.75) is 6.92 Å². The number of nitrogens with two attached hydrogens (primary N) is 1. The van der Waals surface area contributed by atoms with Gasteiger partial charge in [-0.3, -0.25) is 10.6 Å². The van der Waals surface area contributed by atoms with Gasteiger partial charge in [0.25, 0.3) is 5.91 Å². The molecule has 0 radical (unpaired) electrons. The Labute approximate surface area is 124 Å². The third-order valence-electron chi connectivity index (χ3n) is 3.33. The van der Waals surface area contributed by atoms with Crippen LogP contribution in [0, 0.1) is 6.92 Å². The number of hydrogen-bond acceptors (Lipinski definition) is 4. The van der Waals surface area contributed by atoms with E-state index >= 15 is 0 Å². The topological polar surface area (TPSA) is 67.6 Å². The van der Waals surface area contributed by atoms with E-state index in [-0.39, 0.29) is 5.91 Å². The summed E-state index contributed by atoms with van der Waals surface area (Å²) in [6, 6.07) is 12.8. The average molecular weight is 285 g/mol. The normalized spacial score (nSPS) is 10.1. The molecule has 21 heavy (non-hydrogen) atoms. The van der Waals surface area contributed by atoms with Gasteiger partial charge < -0.3 is 15.1 Å². The molecule has 0 aromatic heterocycles. The Balaban J connectivity index is 2.30. The molecule has 0 aliphatic carbocycles. The monoisotopic (exact) mass is 285 g/mol. The Morgan fingerprint density at radius 2 is 1.86 bits per heavy atom. The zero-order chi connectivity index (χ0) is 15.4. The van der Waals surface area contributed by atoms with Gasteiger partial charge in [-0.25, -0.2) is 0 Å². The SMILES string of the molecule is COc1ccc(N(C)C(=O)c2ccc(C)cc2NN)cc1. The maximum absolute atomic E-state index is 12.6. The summed E-state index contributed by atoms with van der Waals surface area (Å²) >= 11 is 0. The molecule has 0 spiro atoms. The number of hydrogen-bond donors (Lipinski definition) is 2. The Morgan fingerprint density at radius 1 is 1.19 bits per heavy atom. The zero-order valence-corrected chi connectivity index (χ0v) is 12.4. The summed E-state index contributed by atoms with van der Waals surface area (Å²) in [5.74, 6) is 6.11. The first kappa shape index (κ1) is 14.9. The van der Waals surface area contributed by atoms with Crippen LogP contribution in [0.2, 0.25) is 0 Å². The highest BCUT2D eigenvalue weighted by Crippen LogP contribution is 2.23. The van der Waals surface area contributed by atoms with Crippen LogP contribution in [0.4, 0.5) is 11.4 Å². The molecule has 2 aromatic carbocycles. The highest BCUT2D eigenvalue weighted by Gasteiger charge is 2.17. The minimum absolute atomic E-state index is 0.131. The number of rotatable bonds is 4. The average Bonchev–Trinajstić information content (AvgIpc) is 2.53. The number of anilines is 2. The molecule has 5 heteroatoms. The summed E-state index contributed by atoms with van der Waals surface area (Å²) in [5, 5.41) is 0. The number of hydrazine groups is 1. The lowest BCUT2D eigenvalue weighted by molar-refractivity contribution is 0.0993. The first-order valence-corrected chi connectivity index (χ1v) is 6.56. The molecule has 110 valence electrons. The summed E-state index contributed by atoms with van der Waals surface area (Å²) in [5.41, 5.74) is 5.53. The lowest BCUT2D eigenvalue weighted by Gasteiger charge is -2.19. The van der Waals surface area contributed by atoms with Crippen LogP contribution in [0.1, 0.15) is 15.9 Å². The van der Waals surface area contributed by atoms with E-state index in [1.807, 2.05) is 43.3 Å². The van der Waals surface area contributed by atoms with Crippen LogP contribution in [-0.2, 0) is 0 Å². The fourth-order valence-corrected chi connectivity index (χ4v) is 2.07. The number of nitrogen functional groups attached to an aromatic ring is 1. The van der Waals surface area contributed by atoms with Crippen molar-refractivity contribution in [2.75, 3.05) is 24.5 Å². The number of nitrogens with one attached hydrogen (secondary N) is 1. The largest absolute Gasteiger partial charge is 0.497 e. The third-order valence-corrected chi connectivity index (χ3v) is 3.33. The minimum Gasteiger partial charge on any atom is -0.497 e. The van der Waals surface area contributed by atoms with Crippen molar-refractivity contribution in [3.8, 4) is 5.75 Å². The van der Waals surface area contributed by atoms with Gasteiger partial charge >= 0.3 is 0 Å². The van der Waals surface area contributed by atoms with Gasteiger partial charge in [-0.15, -0.1) is 0 Å². The maximum atomic E-state index is 12.6. The van der Waals surface area contributed by atoms with E-state index < -0.39 is 0 Å². The molecule has 3 N–H and O–H groups in total. The molecule has 0 unspecified atom stereocenters. The van der Waals surface area contributed by atoms with Gasteiger partial charge in [-0.1, -0.05) is 6.07 Å². The predicted molar refractivity (Wildman–Crippen MR) is 84.7 cm³/mol. The fourth-order valence-electron chi connectivity index (χ4n) is 2.07. The van der Waals surface area contributed by atoms with Crippen LogP contribution in [-0.4, -0.2) is 20.1 Å². The van der Waals surface area contributed by atoms with Gasteiger partial charge in [-0.2, -0.15) is 0 Å². The van der Waals surface area contributed by atoms with Crippen LogP contribution >= 0.6 is 0 Å². The van der Waals surface area contributed by atoms with E-state index in [0.717, 1.165) is 17.0 Å². The number of nitrogens with zero attached hydrogens (tertiary/aromatic N) is 1. The van der Waals surface area contributed by atoms with Crippen molar-refractivity contribution < 1.29 is 9.53 Å². The Kier molecular flexibility index (Phi) is 4.45. The molecule has 0 fully saturated rings. The molecule has 5 nitrogen and oxygen atoms in total. The van der Waals surface area contributed by atoms with Crippen LogP contribution in [0.3, 0.4) is 0 Å². The van der Waals surface area contributed by atoms with E-state index in [2.05, 4.69) is 5.43 Å². The first-order valence-electron chi connectivity index (χ1n) is 6.56. The van der Waals surface area contributed by atoms with Crippen molar-refractivity contribution in [3.05, 3.63) is 53.6 Å². The fraction of sp³-hybridized carbons (Fsp3) is 0.188. The molecule has 2 rings (SSSR count). The highest BCUT2D eigenvalue weighted by molar-refractivity contribution is 6.09. The van der Waals surface area contributed by atoms with Crippen LogP contribution in [0.5, 0.6) is 5.75 Å². The van der Waals surface area contributed by atoms with Crippen molar-refractivity contribution in [3.63, 3.8) is 0 Å². The second-order valence-electron chi connectivity index (χ2n) is 4.76. The smallest absolute Gasteiger partial charge is 0.260 e. The van der Waals surface area contributed by atoms with Gasteiger partial charge in [-0.05, 0) is 48.9 Å². The highest BCUT2D eigenvalue weighted by atomic mass is 16.5. The van der Waals surface area contributed by atoms with Crippen molar-refractivity contribution >= 4 is 17.3 Å².